The lowest BCUT2D eigenvalue weighted by Gasteiger charge is -2.32. The van der Waals surface area contributed by atoms with Gasteiger partial charge in [0.25, 0.3) is 0 Å². The zero-order valence-electron chi connectivity index (χ0n) is 15.2. The number of rotatable bonds is 8. The minimum atomic E-state index is -0.705. The molecule has 9 heteroatoms. The molecular weight excluding hydrogens is 370 g/mol. The highest BCUT2D eigenvalue weighted by Gasteiger charge is 2.36. The third-order valence-corrected chi connectivity index (χ3v) is 5.83. The molecule has 1 heterocycles. The molecule has 2 amide bonds. The second-order valence-electron chi connectivity index (χ2n) is 6.14. The van der Waals surface area contributed by atoms with E-state index in [1.807, 2.05) is 50.4 Å². The number of carbonyl (C=O) groups is 2. The molecule has 3 N–H and O–H groups in total. The van der Waals surface area contributed by atoms with E-state index in [4.69, 9.17) is 0 Å². The number of nitrogens with zero attached hydrogens (tertiary/aromatic N) is 2. The van der Waals surface area contributed by atoms with E-state index in [-0.39, 0.29) is 18.4 Å². The van der Waals surface area contributed by atoms with Crippen molar-refractivity contribution in [3.05, 3.63) is 30.3 Å². The molecule has 1 atom stereocenters. The number of nitrogens with one attached hydrogen (secondary N) is 3. The third-order valence-electron chi connectivity index (χ3n) is 3.90. The number of benzene rings is 1. The summed E-state index contributed by atoms with van der Waals surface area (Å²) in [5, 5.41) is 13.2. The zero-order chi connectivity index (χ0) is 19.2. The Morgan fingerprint density at radius 2 is 1.96 bits per heavy atom. The molecule has 140 valence electrons. The van der Waals surface area contributed by atoms with Gasteiger partial charge in [0.15, 0.2) is 0 Å². The van der Waals surface area contributed by atoms with Gasteiger partial charge in [-0.25, -0.2) is 0 Å². The maximum atomic E-state index is 12.9. The fourth-order valence-electron chi connectivity index (χ4n) is 2.29. The first kappa shape index (κ1) is 20.3. The number of aromatic nitrogens is 2. The largest absolute Gasteiger partial charge is 0.342 e. The normalized spacial score (nSPS) is 12.5. The Labute approximate surface area is 161 Å². The van der Waals surface area contributed by atoms with E-state index >= 15 is 0 Å². The Morgan fingerprint density at radius 3 is 2.58 bits per heavy atom. The van der Waals surface area contributed by atoms with E-state index in [1.165, 1.54) is 11.8 Å². The van der Waals surface area contributed by atoms with Crippen molar-refractivity contribution in [3.8, 4) is 11.3 Å². The van der Waals surface area contributed by atoms with E-state index in [0.29, 0.717) is 10.7 Å². The van der Waals surface area contributed by atoms with E-state index in [9.17, 15) is 9.59 Å². The highest BCUT2D eigenvalue weighted by Crippen LogP contribution is 2.31. The SMILES string of the molecule is CNCC(=O)N[C@H](C(=O)Nc1snnc1-c1ccccc1)C(C)(C)SC. The first-order valence-corrected chi connectivity index (χ1v) is 10.1. The van der Waals surface area contributed by atoms with Crippen LogP contribution in [0.25, 0.3) is 11.3 Å². The van der Waals surface area contributed by atoms with Gasteiger partial charge < -0.3 is 16.0 Å². The van der Waals surface area contributed by atoms with Crippen LogP contribution in [0.4, 0.5) is 5.00 Å². The molecule has 2 rings (SSSR count). The molecular formula is C17H23N5O2S2. The fourth-order valence-corrected chi connectivity index (χ4v) is 3.28. The van der Waals surface area contributed by atoms with E-state index < -0.39 is 10.8 Å². The number of hydrogen-bond acceptors (Lipinski definition) is 7. The summed E-state index contributed by atoms with van der Waals surface area (Å²) < 4.78 is 3.47. The molecule has 0 aliphatic carbocycles. The maximum Gasteiger partial charge on any atom is 0.249 e. The van der Waals surface area contributed by atoms with Gasteiger partial charge >= 0.3 is 0 Å². The monoisotopic (exact) mass is 393 g/mol. The molecule has 0 saturated carbocycles. The number of amides is 2. The molecule has 0 aliphatic heterocycles. The van der Waals surface area contributed by atoms with Gasteiger partial charge in [-0.1, -0.05) is 34.8 Å². The van der Waals surface area contributed by atoms with Crippen LogP contribution in [-0.2, 0) is 9.59 Å². The summed E-state index contributed by atoms with van der Waals surface area (Å²) in [7, 11) is 1.68. The Balaban J connectivity index is 2.22. The Bertz CT molecular complexity index is 749. The summed E-state index contributed by atoms with van der Waals surface area (Å²) in [5.41, 5.74) is 1.49. The van der Waals surface area contributed by atoms with Gasteiger partial charge in [0.2, 0.25) is 11.8 Å². The summed E-state index contributed by atoms with van der Waals surface area (Å²) in [5.74, 6) is -0.530. The van der Waals surface area contributed by atoms with Crippen LogP contribution >= 0.6 is 23.3 Å². The highest BCUT2D eigenvalue weighted by atomic mass is 32.2. The standard InChI is InChI=1S/C17H23N5O2S2/c1-17(2,25-4)14(19-12(23)10-18-3)15(24)20-16-13(21-22-26-16)11-8-6-5-7-9-11/h5-9,14,18H,10H2,1-4H3,(H,19,23)(H,20,24)/t14-/m1/s1. The number of thioether (sulfide) groups is 1. The van der Waals surface area contributed by atoms with Crippen LogP contribution < -0.4 is 16.0 Å². The predicted molar refractivity (Wildman–Crippen MR) is 107 cm³/mol. The number of hydrogen-bond donors (Lipinski definition) is 3. The molecule has 26 heavy (non-hydrogen) atoms. The highest BCUT2D eigenvalue weighted by molar-refractivity contribution is 8.00. The van der Waals surface area contributed by atoms with Crippen molar-refractivity contribution in [3.63, 3.8) is 0 Å². The molecule has 1 aromatic heterocycles. The molecule has 0 bridgehead atoms. The number of carbonyl (C=O) groups excluding carboxylic acids is 2. The van der Waals surface area contributed by atoms with Crippen molar-refractivity contribution in [2.24, 2.45) is 0 Å². The smallest absolute Gasteiger partial charge is 0.249 e. The number of anilines is 1. The second-order valence-corrected chi connectivity index (χ2v) is 8.36. The van der Waals surface area contributed by atoms with Gasteiger partial charge in [-0.3, -0.25) is 9.59 Å². The van der Waals surface area contributed by atoms with Crippen LogP contribution in [0, 0.1) is 0 Å². The van der Waals surface area contributed by atoms with Gasteiger partial charge in [0, 0.05) is 21.8 Å². The molecule has 0 fully saturated rings. The summed E-state index contributed by atoms with van der Waals surface area (Å²) in [6.07, 6.45) is 1.91. The second kappa shape index (κ2) is 9.11. The van der Waals surface area contributed by atoms with Crippen LogP contribution in [0.5, 0.6) is 0 Å². The zero-order valence-corrected chi connectivity index (χ0v) is 16.8. The molecule has 0 unspecified atom stereocenters. The van der Waals surface area contributed by atoms with Crippen molar-refractivity contribution in [1.29, 1.82) is 0 Å². The predicted octanol–water partition coefficient (Wildman–Crippen LogP) is 1.99. The quantitative estimate of drug-likeness (QED) is 0.635. The first-order chi connectivity index (χ1) is 12.4. The molecule has 0 radical (unpaired) electrons. The topological polar surface area (TPSA) is 96.0 Å². The van der Waals surface area contributed by atoms with Crippen LogP contribution in [0.15, 0.2) is 30.3 Å². The average Bonchev–Trinajstić information content (AvgIpc) is 3.08. The molecule has 2 aromatic rings. The molecule has 0 spiro atoms. The third kappa shape index (κ3) is 5.03. The van der Waals surface area contributed by atoms with Crippen molar-refractivity contribution >= 4 is 40.1 Å². The van der Waals surface area contributed by atoms with Crippen LogP contribution in [0.2, 0.25) is 0 Å². The molecule has 0 saturated heterocycles. The van der Waals surface area contributed by atoms with E-state index in [2.05, 4.69) is 25.5 Å². The van der Waals surface area contributed by atoms with E-state index in [1.54, 1.807) is 7.05 Å². The summed E-state index contributed by atoms with van der Waals surface area (Å²) in [6.45, 7) is 3.99. The Kier molecular flexibility index (Phi) is 7.13. The van der Waals surface area contributed by atoms with Crippen LogP contribution in [0.1, 0.15) is 13.8 Å². The van der Waals surface area contributed by atoms with Gasteiger partial charge in [0.1, 0.15) is 16.7 Å². The fraction of sp³-hybridized carbons (Fsp3) is 0.412. The van der Waals surface area contributed by atoms with Crippen molar-refractivity contribution in [1.82, 2.24) is 20.2 Å². The van der Waals surface area contributed by atoms with Gasteiger partial charge in [-0.15, -0.1) is 5.10 Å². The summed E-state index contributed by atoms with van der Waals surface area (Å²) >= 11 is 2.63. The van der Waals surface area contributed by atoms with Gasteiger partial charge in [0.05, 0.1) is 6.54 Å². The van der Waals surface area contributed by atoms with Gasteiger partial charge in [-0.2, -0.15) is 11.8 Å². The first-order valence-electron chi connectivity index (χ1n) is 8.06. The lowest BCUT2D eigenvalue weighted by molar-refractivity contribution is -0.126. The van der Waals surface area contributed by atoms with Crippen LogP contribution in [-0.4, -0.2) is 52.0 Å². The Hall–Kier alpha value is -1.97. The minimum absolute atomic E-state index is 0.144. The molecule has 0 aliphatic rings. The molecule has 7 nitrogen and oxygen atoms in total. The van der Waals surface area contributed by atoms with Crippen LogP contribution in [0.3, 0.4) is 0 Å². The Morgan fingerprint density at radius 1 is 1.27 bits per heavy atom. The minimum Gasteiger partial charge on any atom is -0.342 e. The van der Waals surface area contributed by atoms with Gasteiger partial charge in [-0.05, 0) is 27.2 Å². The maximum absolute atomic E-state index is 12.9. The lowest BCUT2D eigenvalue weighted by Crippen LogP contribution is -2.55. The van der Waals surface area contributed by atoms with Crippen molar-refractivity contribution in [2.75, 3.05) is 25.2 Å². The summed E-state index contributed by atoms with van der Waals surface area (Å²) in [6, 6.07) is 8.82. The summed E-state index contributed by atoms with van der Waals surface area (Å²) in [4.78, 5) is 25.0. The average molecular weight is 394 g/mol. The lowest BCUT2D eigenvalue weighted by atomic mass is 10.0. The molecule has 1 aromatic carbocycles. The van der Waals surface area contributed by atoms with Crippen molar-refractivity contribution in [2.45, 2.75) is 24.6 Å². The van der Waals surface area contributed by atoms with Crippen molar-refractivity contribution < 1.29 is 9.59 Å². The van der Waals surface area contributed by atoms with E-state index in [0.717, 1.165) is 17.1 Å². The number of likely N-dealkylation sites (N-methyl/N-ethyl adjacent to an activating group) is 1.